The highest BCUT2D eigenvalue weighted by atomic mass is 35.5. The molecule has 0 heterocycles. The third kappa shape index (κ3) is 4.24. The molecule has 1 amide bonds. The molecule has 0 spiro atoms. The minimum Gasteiger partial charge on any atom is -0.455 e. The zero-order valence-corrected chi connectivity index (χ0v) is 15.8. The maximum atomic E-state index is 12.3. The first-order chi connectivity index (χ1) is 13.5. The van der Waals surface area contributed by atoms with Gasteiger partial charge in [0.15, 0.2) is 5.75 Å². The number of nitrogens with one attached hydrogen (secondary N) is 1. The number of amides is 1. The predicted molar refractivity (Wildman–Crippen MR) is 107 cm³/mol. The standard InChI is InChI=1S/C21H11Cl2N3O2/c22-15-4-9-18(19(23)10-15)21(27)26-16-5-7-17(8-6-16)28-20-13(11-24)2-1-3-14(20)12-25/h1-10H,(H,26,27). The fraction of sp³-hybridized carbons (Fsp3) is 0. The van der Waals surface area contributed by atoms with Crippen molar-refractivity contribution in [1.29, 1.82) is 10.5 Å². The van der Waals surface area contributed by atoms with Crippen molar-refractivity contribution in [2.24, 2.45) is 0 Å². The Morgan fingerprint density at radius 1 is 0.929 bits per heavy atom. The van der Waals surface area contributed by atoms with Crippen molar-refractivity contribution in [2.45, 2.75) is 0 Å². The molecule has 0 radical (unpaired) electrons. The molecule has 3 aromatic rings. The van der Waals surface area contributed by atoms with Crippen molar-refractivity contribution in [2.75, 3.05) is 5.32 Å². The first-order valence-electron chi connectivity index (χ1n) is 7.99. The van der Waals surface area contributed by atoms with Crippen LogP contribution in [0.3, 0.4) is 0 Å². The smallest absolute Gasteiger partial charge is 0.257 e. The second kappa shape index (κ2) is 8.45. The summed E-state index contributed by atoms with van der Waals surface area (Å²) >= 11 is 11.9. The Labute approximate surface area is 171 Å². The molecule has 7 heteroatoms. The molecule has 0 aliphatic heterocycles. The lowest BCUT2D eigenvalue weighted by molar-refractivity contribution is 0.102. The number of nitriles is 2. The molecule has 0 saturated heterocycles. The van der Waals surface area contributed by atoms with E-state index in [1.54, 1.807) is 54.6 Å². The molecule has 28 heavy (non-hydrogen) atoms. The van der Waals surface area contributed by atoms with Gasteiger partial charge in [-0.05, 0) is 54.6 Å². The third-order valence-corrected chi connectivity index (χ3v) is 4.31. The summed E-state index contributed by atoms with van der Waals surface area (Å²) in [5.74, 6) is 0.232. The number of para-hydroxylation sites is 1. The van der Waals surface area contributed by atoms with Gasteiger partial charge < -0.3 is 10.1 Å². The number of hydrogen-bond acceptors (Lipinski definition) is 4. The quantitative estimate of drug-likeness (QED) is 0.593. The summed E-state index contributed by atoms with van der Waals surface area (Å²) in [6.45, 7) is 0. The van der Waals surface area contributed by atoms with Gasteiger partial charge in [-0.15, -0.1) is 0 Å². The largest absolute Gasteiger partial charge is 0.455 e. The number of halogens is 2. The minimum absolute atomic E-state index is 0.192. The molecule has 5 nitrogen and oxygen atoms in total. The molecule has 0 bridgehead atoms. The van der Waals surface area contributed by atoms with E-state index >= 15 is 0 Å². The number of hydrogen-bond donors (Lipinski definition) is 1. The Hall–Kier alpha value is -3.51. The number of carbonyl (C=O) groups is 1. The Balaban J connectivity index is 1.77. The van der Waals surface area contributed by atoms with Crippen LogP contribution in [0.4, 0.5) is 5.69 Å². The lowest BCUT2D eigenvalue weighted by Gasteiger charge is -2.11. The number of carbonyl (C=O) groups excluding carboxylic acids is 1. The van der Waals surface area contributed by atoms with Gasteiger partial charge in [0, 0.05) is 10.7 Å². The highest BCUT2D eigenvalue weighted by Crippen LogP contribution is 2.29. The number of benzene rings is 3. The summed E-state index contributed by atoms with van der Waals surface area (Å²) in [7, 11) is 0. The van der Waals surface area contributed by atoms with Crippen LogP contribution in [0.5, 0.6) is 11.5 Å². The summed E-state index contributed by atoms with van der Waals surface area (Å²) in [5.41, 5.74) is 1.34. The second-order valence-electron chi connectivity index (χ2n) is 5.61. The van der Waals surface area contributed by atoms with Crippen LogP contribution < -0.4 is 10.1 Å². The SMILES string of the molecule is N#Cc1cccc(C#N)c1Oc1ccc(NC(=O)c2ccc(Cl)cc2Cl)cc1. The molecule has 3 aromatic carbocycles. The Kier molecular flexibility index (Phi) is 5.81. The van der Waals surface area contributed by atoms with Crippen molar-refractivity contribution in [1.82, 2.24) is 0 Å². The number of ether oxygens (including phenoxy) is 1. The summed E-state index contributed by atoms with van der Waals surface area (Å²) < 4.78 is 5.71. The van der Waals surface area contributed by atoms with Gasteiger partial charge in [-0.1, -0.05) is 29.3 Å². The molecule has 0 fully saturated rings. The average Bonchev–Trinajstić information content (AvgIpc) is 2.69. The molecular weight excluding hydrogens is 397 g/mol. The zero-order valence-electron chi connectivity index (χ0n) is 14.2. The van der Waals surface area contributed by atoms with Gasteiger partial charge in [0.05, 0.1) is 21.7 Å². The average molecular weight is 408 g/mol. The van der Waals surface area contributed by atoms with Crippen LogP contribution in [-0.2, 0) is 0 Å². The molecule has 136 valence electrons. The van der Waals surface area contributed by atoms with Gasteiger partial charge in [0.2, 0.25) is 0 Å². The van der Waals surface area contributed by atoms with Crippen LogP contribution in [0.1, 0.15) is 21.5 Å². The molecule has 0 saturated carbocycles. The Bertz CT molecular complexity index is 1100. The molecule has 0 aliphatic rings. The van der Waals surface area contributed by atoms with Gasteiger partial charge in [0.25, 0.3) is 5.91 Å². The molecular formula is C21H11Cl2N3O2. The van der Waals surface area contributed by atoms with E-state index in [1.807, 2.05) is 12.1 Å². The fourth-order valence-electron chi connectivity index (χ4n) is 2.42. The van der Waals surface area contributed by atoms with E-state index in [2.05, 4.69) is 5.32 Å². The first-order valence-corrected chi connectivity index (χ1v) is 8.75. The third-order valence-electron chi connectivity index (χ3n) is 3.76. The van der Waals surface area contributed by atoms with Crippen molar-refractivity contribution >= 4 is 34.8 Å². The maximum absolute atomic E-state index is 12.3. The van der Waals surface area contributed by atoms with Crippen molar-refractivity contribution in [3.8, 4) is 23.6 Å². The number of anilines is 1. The van der Waals surface area contributed by atoms with Crippen LogP contribution in [0, 0.1) is 22.7 Å². The first kappa shape index (κ1) is 19.3. The van der Waals surface area contributed by atoms with Crippen LogP contribution >= 0.6 is 23.2 Å². The second-order valence-corrected chi connectivity index (χ2v) is 6.45. The summed E-state index contributed by atoms with van der Waals surface area (Å²) in [5, 5.41) is 21.8. The van der Waals surface area contributed by atoms with Gasteiger partial charge >= 0.3 is 0 Å². The van der Waals surface area contributed by atoms with E-state index in [0.29, 0.717) is 22.0 Å². The van der Waals surface area contributed by atoms with E-state index in [0.717, 1.165) is 0 Å². The molecule has 0 unspecified atom stereocenters. The molecule has 0 atom stereocenters. The van der Waals surface area contributed by atoms with Gasteiger partial charge in [-0.3, -0.25) is 4.79 Å². The predicted octanol–water partition coefficient (Wildman–Crippen LogP) is 5.78. The normalized spacial score (nSPS) is 9.86. The van der Waals surface area contributed by atoms with Gasteiger partial charge in [-0.2, -0.15) is 10.5 Å². The van der Waals surface area contributed by atoms with E-state index < -0.39 is 0 Å². The zero-order chi connectivity index (χ0) is 20.1. The lowest BCUT2D eigenvalue weighted by atomic mass is 10.1. The topological polar surface area (TPSA) is 85.9 Å². The van der Waals surface area contributed by atoms with Gasteiger partial charge in [-0.25, -0.2) is 0 Å². The number of nitrogens with zero attached hydrogens (tertiary/aromatic N) is 2. The molecule has 1 N–H and O–H groups in total. The summed E-state index contributed by atoms with van der Waals surface area (Å²) in [6, 6.07) is 19.9. The van der Waals surface area contributed by atoms with E-state index in [9.17, 15) is 15.3 Å². The fourth-order valence-corrected chi connectivity index (χ4v) is 2.91. The molecule has 0 aliphatic carbocycles. The van der Waals surface area contributed by atoms with Crippen LogP contribution in [0.15, 0.2) is 60.7 Å². The van der Waals surface area contributed by atoms with E-state index in [1.165, 1.54) is 6.07 Å². The Morgan fingerprint density at radius 2 is 1.57 bits per heavy atom. The van der Waals surface area contributed by atoms with E-state index in [4.69, 9.17) is 27.9 Å². The maximum Gasteiger partial charge on any atom is 0.257 e. The van der Waals surface area contributed by atoms with Crippen LogP contribution in [0.2, 0.25) is 10.0 Å². The van der Waals surface area contributed by atoms with Gasteiger partial charge in [0.1, 0.15) is 17.9 Å². The van der Waals surface area contributed by atoms with Crippen LogP contribution in [0.25, 0.3) is 0 Å². The molecule has 0 aromatic heterocycles. The summed E-state index contributed by atoms with van der Waals surface area (Å²) in [4.78, 5) is 12.3. The number of rotatable bonds is 4. The minimum atomic E-state index is -0.378. The van der Waals surface area contributed by atoms with Crippen LogP contribution in [-0.4, -0.2) is 5.91 Å². The highest BCUT2D eigenvalue weighted by Gasteiger charge is 2.13. The Morgan fingerprint density at radius 3 is 2.14 bits per heavy atom. The van der Waals surface area contributed by atoms with E-state index in [-0.39, 0.29) is 27.8 Å². The highest BCUT2D eigenvalue weighted by molar-refractivity contribution is 6.37. The van der Waals surface area contributed by atoms with Crippen molar-refractivity contribution in [3.05, 3.63) is 87.4 Å². The monoisotopic (exact) mass is 407 g/mol. The van der Waals surface area contributed by atoms with Crippen molar-refractivity contribution < 1.29 is 9.53 Å². The lowest BCUT2D eigenvalue weighted by Crippen LogP contribution is -2.12. The van der Waals surface area contributed by atoms with Crippen molar-refractivity contribution in [3.63, 3.8) is 0 Å². The molecule has 3 rings (SSSR count). The summed E-state index contributed by atoms with van der Waals surface area (Å²) in [6.07, 6.45) is 0.